The fraction of sp³-hybridized carbons (Fsp3) is 0. The monoisotopic (exact) mass is 640 g/mol. The first-order valence-corrected chi connectivity index (χ1v) is 17.0. The molecule has 0 spiro atoms. The third-order valence-corrected chi connectivity index (χ3v) is 9.07. The third-order valence-electron chi connectivity index (χ3n) is 9.07. The molecule has 0 amide bonds. The van der Waals surface area contributed by atoms with E-state index in [0.717, 1.165) is 11.4 Å². The van der Waals surface area contributed by atoms with E-state index in [2.05, 4.69) is 210 Å². The van der Waals surface area contributed by atoms with Crippen molar-refractivity contribution >= 4 is 33.2 Å². The number of rotatable bonds is 6. The summed E-state index contributed by atoms with van der Waals surface area (Å²) in [6.07, 6.45) is 0. The zero-order chi connectivity index (χ0) is 33.5. The summed E-state index contributed by atoms with van der Waals surface area (Å²) in [4.78, 5) is 0. The maximum atomic E-state index is 3.46. The maximum absolute atomic E-state index is 3.46. The van der Waals surface area contributed by atoms with Crippen LogP contribution >= 0.6 is 0 Å². The average molecular weight is 641 g/mol. The Labute approximate surface area is 293 Å². The van der Waals surface area contributed by atoms with Crippen molar-refractivity contribution in [1.29, 1.82) is 0 Å². The Morgan fingerprint density at radius 3 is 1.18 bits per heavy atom. The van der Waals surface area contributed by atoms with E-state index in [4.69, 9.17) is 0 Å². The third kappa shape index (κ3) is 6.56. The first-order chi connectivity index (χ1) is 24.8. The molecule has 9 rings (SSSR count). The first kappa shape index (κ1) is 30.7. The van der Waals surface area contributed by atoms with Gasteiger partial charge in [-0.2, -0.15) is 0 Å². The number of hydrogen-bond acceptors (Lipinski definition) is 1. The molecular weight excluding hydrogens is 605 g/mol. The highest BCUT2D eigenvalue weighted by Gasteiger charge is 2.12. The van der Waals surface area contributed by atoms with Gasteiger partial charge >= 0.3 is 0 Å². The van der Waals surface area contributed by atoms with Crippen LogP contribution in [0.25, 0.3) is 60.9 Å². The number of anilines is 2. The summed E-state index contributed by atoms with van der Waals surface area (Å²) in [5.74, 6) is 0. The second-order valence-corrected chi connectivity index (χ2v) is 12.3. The van der Waals surface area contributed by atoms with Crippen molar-refractivity contribution in [3.05, 3.63) is 212 Å². The van der Waals surface area contributed by atoms with Crippen molar-refractivity contribution in [3.8, 4) is 39.1 Å². The van der Waals surface area contributed by atoms with E-state index in [9.17, 15) is 0 Å². The van der Waals surface area contributed by atoms with Crippen molar-refractivity contribution < 1.29 is 0 Å². The molecule has 238 valence electrons. The Balaban J connectivity index is 0.000000144. The molecule has 1 heterocycles. The summed E-state index contributed by atoms with van der Waals surface area (Å²) >= 11 is 0. The summed E-state index contributed by atoms with van der Waals surface area (Å²) in [6, 6.07) is 74.5. The number of benzene rings is 8. The van der Waals surface area contributed by atoms with Gasteiger partial charge in [0, 0.05) is 27.8 Å². The quantitative estimate of drug-likeness (QED) is 0.191. The molecule has 0 unspecified atom stereocenters. The zero-order valence-electron chi connectivity index (χ0n) is 27.7. The molecule has 0 fully saturated rings. The predicted octanol–water partition coefficient (Wildman–Crippen LogP) is 13.2. The van der Waals surface area contributed by atoms with Crippen molar-refractivity contribution in [3.63, 3.8) is 0 Å². The molecule has 2 heteroatoms. The average Bonchev–Trinajstić information content (AvgIpc) is 3.54. The number of fused-ring (bicyclic) bond motifs is 3. The molecule has 0 radical (unpaired) electrons. The van der Waals surface area contributed by atoms with Gasteiger partial charge in [0.15, 0.2) is 0 Å². The van der Waals surface area contributed by atoms with Crippen molar-refractivity contribution in [2.24, 2.45) is 0 Å². The molecule has 0 saturated heterocycles. The van der Waals surface area contributed by atoms with Gasteiger partial charge in [-0.05, 0) is 88.0 Å². The van der Waals surface area contributed by atoms with Crippen LogP contribution < -0.4 is 5.32 Å². The molecule has 0 aliphatic rings. The molecule has 0 saturated carbocycles. The second kappa shape index (κ2) is 14.2. The van der Waals surface area contributed by atoms with Crippen LogP contribution in [0.1, 0.15) is 0 Å². The fourth-order valence-electron chi connectivity index (χ4n) is 6.56. The fourth-order valence-corrected chi connectivity index (χ4v) is 6.56. The number of aromatic nitrogens is 1. The van der Waals surface area contributed by atoms with E-state index >= 15 is 0 Å². The topological polar surface area (TPSA) is 17.0 Å². The summed E-state index contributed by atoms with van der Waals surface area (Å²) in [6.45, 7) is 0. The summed E-state index contributed by atoms with van der Waals surface area (Å²) in [5.41, 5.74) is 13.3. The van der Waals surface area contributed by atoms with Gasteiger partial charge in [-0.3, -0.25) is 0 Å². The van der Waals surface area contributed by atoms with Crippen molar-refractivity contribution in [1.82, 2.24) is 4.57 Å². The van der Waals surface area contributed by atoms with Crippen molar-refractivity contribution in [2.45, 2.75) is 0 Å². The van der Waals surface area contributed by atoms with Crippen LogP contribution in [0.4, 0.5) is 11.4 Å². The van der Waals surface area contributed by atoms with Crippen LogP contribution in [0.3, 0.4) is 0 Å². The Hall–Kier alpha value is -6.64. The van der Waals surface area contributed by atoms with Gasteiger partial charge in [0.05, 0.1) is 11.0 Å². The Morgan fingerprint density at radius 1 is 0.280 bits per heavy atom. The predicted molar refractivity (Wildman–Crippen MR) is 213 cm³/mol. The Morgan fingerprint density at radius 2 is 0.660 bits per heavy atom. The van der Waals surface area contributed by atoms with E-state index in [1.54, 1.807) is 0 Å². The minimum Gasteiger partial charge on any atom is -0.356 e. The van der Waals surface area contributed by atoms with Crippen LogP contribution in [0.2, 0.25) is 0 Å². The molecule has 8 aromatic carbocycles. The summed E-state index contributed by atoms with van der Waals surface area (Å²) in [7, 11) is 0. The lowest BCUT2D eigenvalue weighted by atomic mass is 10.0. The van der Waals surface area contributed by atoms with E-state index < -0.39 is 0 Å². The van der Waals surface area contributed by atoms with E-state index in [-0.39, 0.29) is 0 Å². The molecular formula is C48H36N2. The molecule has 0 atom stereocenters. The lowest BCUT2D eigenvalue weighted by Crippen LogP contribution is -1.92. The number of nitrogens with zero attached hydrogens (tertiary/aromatic N) is 1. The molecule has 50 heavy (non-hydrogen) atoms. The van der Waals surface area contributed by atoms with Gasteiger partial charge in [-0.25, -0.2) is 0 Å². The van der Waals surface area contributed by atoms with Gasteiger partial charge in [-0.15, -0.1) is 0 Å². The highest BCUT2D eigenvalue weighted by molar-refractivity contribution is 6.10. The smallest absolute Gasteiger partial charge is 0.0541 e. The van der Waals surface area contributed by atoms with Crippen LogP contribution in [0, 0.1) is 0 Å². The molecule has 0 aliphatic heterocycles. The van der Waals surface area contributed by atoms with E-state index in [0.29, 0.717) is 0 Å². The van der Waals surface area contributed by atoms with Crippen LogP contribution in [0.15, 0.2) is 212 Å². The standard InChI is InChI=1S/C24H17N.C24H19N/c1-3-9-18(10-4-1)19-15-16-24-22(17-19)21-13-7-8-14-23(21)25(24)20-11-5-2-6-12-20;1-3-7-19(8-4-1)21-11-15-23(16-12-21)25-24-17-13-22(14-18-24)20-9-5-2-6-10-20/h1-17H;1-18,25H. The zero-order valence-corrected chi connectivity index (χ0v) is 27.7. The Kier molecular flexibility index (Phi) is 8.73. The largest absolute Gasteiger partial charge is 0.356 e. The second-order valence-electron chi connectivity index (χ2n) is 12.3. The van der Waals surface area contributed by atoms with Gasteiger partial charge in [0.2, 0.25) is 0 Å². The minimum atomic E-state index is 1.09. The number of nitrogens with one attached hydrogen (secondary N) is 1. The van der Waals surface area contributed by atoms with Gasteiger partial charge in [0.25, 0.3) is 0 Å². The summed E-state index contributed by atoms with van der Waals surface area (Å²) < 4.78 is 2.35. The SMILES string of the molecule is c1ccc(-c2ccc(Nc3ccc(-c4ccccc4)cc3)cc2)cc1.c1ccc(-c2ccc3c(c2)c2ccccc2n3-c2ccccc2)cc1. The Bertz CT molecular complexity index is 2370. The van der Waals surface area contributed by atoms with Gasteiger partial charge < -0.3 is 9.88 Å². The van der Waals surface area contributed by atoms with Gasteiger partial charge in [-0.1, -0.05) is 158 Å². The lowest BCUT2D eigenvalue weighted by Gasteiger charge is -2.09. The van der Waals surface area contributed by atoms with Crippen LogP contribution in [-0.4, -0.2) is 4.57 Å². The van der Waals surface area contributed by atoms with E-state index in [1.807, 2.05) is 12.1 Å². The molecule has 1 aromatic heterocycles. The molecule has 0 bridgehead atoms. The molecule has 0 aliphatic carbocycles. The minimum absolute atomic E-state index is 1.09. The molecule has 1 N–H and O–H groups in total. The number of hydrogen-bond donors (Lipinski definition) is 1. The van der Waals surface area contributed by atoms with E-state index in [1.165, 1.54) is 60.9 Å². The number of para-hydroxylation sites is 2. The first-order valence-electron chi connectivity index (χ1n) is 17.0. The molecule has 2 nitrogen and oxygen atoms in total. The lowest BCUT2D eigenvalue weighted by molar-refractivity contribution is 1.18. The normalized spacial score (nSPS) is 10.8. The molecule has 9 aromatic rings. The summed E-state index contributed by atoms with van der Waals surface area (Å²) in [5, 5.41) is 6.04. The highest BCUT2D eigenvalue weighted by atomic mass is 15.0. The van der Waals surface area contributed by atoms with Crippen LogP contribution in [-0.2, 0) is 0 Å². The highest BCUT2D eigenvalue weighted by Crippen LogP contribution is 2.34. The van der Waals surface area contributed by atoms with Crippen molar-refractivity contribution in [2.75, 3.05) is 5.32 Å². The van der Waals surface area contributed by atoms with Gasteiger partial charge in [0.1, 0.15) is 0 Å². The van der Waals surface area contributed by atoms with Crippen LogP contribution in [0.5, 0.6) is 0 Å². The maximum Gasteiger partial charge on any atom is 0.0541 e.